The van der Waals surface area contributed by atoms with Crippen LogP contribution >= 0.6 is 22.7 Å². The summed E-state index contributed by atoms with van der Waals surface area (Å²) in [5.74, 6) is 0.539. The van der Waals surface area contributed by atoms with E-state index >= 15 is 0 Å². The van der Waals surface area contributed by atoms with E-state index in [-0.39, 0.29) is 12.0 Å². The number of nitrogens with zero attached hydrogens (tertiary/aromatic N) is 3. The minimum absolute atomic E-state index is 0.134. The molecule has 0 radical (unpaired) electrons. The number of carbonyl (C=O) groups is 1. The molecule has 0 aliphatic rings. The number of hydrogen-bond donors (Lipinski definition) is 1. The molecule has 3 aromatic rings. The summed E-state index contributed by atoms with van der Waals surface area (Å²) in [6, 6.07) is 7.70. The van der Waals surface area contributed by atoms with Gasteiger partial charge in [-0.25, -0.2) is 4.98 Å². The zero-order valence-electron chi connectivity index (χ0n) is 14.1. The van der Waals surface area contributed by atoms with Crippen molar-refractivity contribution in [2.45, 2.75) is 33.3 Å². The Morgan fingerprint density at radius 1 is 1.24 bits per heavy atom. The van der Waals surface area contributed by atoms with Gasteiger partial charge in [-0.3, -0.25) is 10.1 Å². The van der Waals surface area contributed by atoms with Crippen LogP contribution in [0.5, 0.6) is 5.75 Å². The van der Waals surface area contributed by atoms with Crippen molar-refractivity contribution in [1.29, 1.82) is 0 Å². The van der Waals surface area contributed by atoms with E-state index in [9.17, 15) is 4.79 Å². The first-order chi connectivity index (χ1) is 12.0. The number of amides is 1. The highest BCUT2D eigenvalue weighted by Crippen LogP contribution is 2.26. The number of anilines is 1. The lowest BCUT2D eigenvalue weighted by molar-refractivity contribution is 0.102. The monoisotopic (exact) mass is 374 g/mol. The predicted octanol–water partition coefficient (Wildman–Crippen LogP) is 4.26. The van der Waals surface area contributed by atoms with Gasteiger partial charge in [-0.1, -0.05) is 18.3 Å². The lowest BCUT2D eigenvalue weighted by atomic mass is 10.2. The number of carbonyl (C=O) groups excluding carboxylic acids is 1. The van der Waals surface area contributed by atoms with E-state index in [1.807, 2.05) is 45.0 Å². The Balaban J connectivity index is 1.69. The average Bonchev–Trinajstić information content (AvgIpc) is 3.24. The van der Waals surface area contributed by atoms with Crippen LogP contribution in [0.3, 0.4) is 0 Å². The van der Waals surface area contributed by atoms with Crippen molar-refractivity contribution in [2.24, 2.45) is 0 Å². The van der Waals surface area contributed by atoms with E-state index in [0.717, 1.165) is 27.7 Å². The Labute approximate surface area is 153 Å². The molecule has 6 nitrogen and oxygen atoms in total. The molecule has 0 aliphatic carbocycles. The number of hydrogen-bond acceptors (Lipinski definition) is 7. The molecule has 8 heteroatoms. The maximum absolute atomic E-state index is 12.3. The minimum atomic E-state index is -0.277. The molecule has 0 aliphatic heterocycles. The molecule has 2 heterocycles. The second-order valence-corrected chi connectivity index (χ2v) is 7.46. The van der Waals surface area contributed by atoms with Crippen molar-refractivity contribution in [3.8, 4) is 16.3 Å². The van der Waals surface area contributed by atoms with Crippen LogP contribution in [-0.4, -0.2) is 27.2 Å². The molecule has 1 N–H and O–H groups in total. The number of benzene rings is 1. The molecule has 0 bridgehead atoms. The Morgan fingerprint density at radius 2 is 2.00 bits per heavy atom. The van der Waals surface area contributed by atoms with Gasteiger partial charge in [-0.15, -0.1) is 21.5 Å². The second kappa shape index (κ2) is 7.71. The van der Waals surface area contributed by atoms with Crippen LogP contribution in [0.25, 0.3) is 10.6 Å². The zero-order valence-corrected chi connectivity index (χ0v) is 15.8. The SMILES string of the molecule is CCc1nnc(NC(=O)c2csc(-c3ccc(OC(C)C)cc3)n2)s1. The minimum Gasteiger partial charge on any atom is -0.491 e. The van der Waals surface area contributed by atoms with Crippen LogP contribution in [-0.2, 0) is 6.42 Å². The summed E-state index contributed by atoms with van der Waals surface area (Å²) in [5.41, 5.74) is 1.32. The summed E-state index contributed by atoms with van der Waals surface area (Å²) < 4.78 is 5.63. The number of aryl methyl sites for hydroxylation is 1. The van der Waals surface area contributed by atoms with Crippen LogP contribution in [0.15, 0.2) is 29.6 Å². The normalized spacial score (nSPS) is 10.9. The summed E-state index contributed by atoms with van der Waals surface area (Å²) in [6.07, 6.45) is 0.930. The maximum Gasteiger partial charge on any atom is 0.276 e. The Hall–Kier alpha value is -2.32. The van der Waals surface area contributed by atoms with Crippen molar-refractivity contribution in [2.75, 3.05) is 5.32 Å². The maximum atomic E-state index is 12.3. The van der Waals surface area contributed by atoms with E-state index < -0.39 is 0 Å². The predicted molar refractivity (Wildman–Crippen MR) is 101 cm³/mol. The molecule has 0 atom stereocenters. The standard InChI is InChI=1S/C17H18N4O2S2/c1-4-14-20-21-17(25-14)19-15(22)13-9-24-16(18-13)11-5-7-12(8-6-11)23-10(2)3/h5-10H,4H2,1-3H3,(H,19,21,22). The summed E-state index contributed by atoms with van der Waals surface area (Å²) in [4.78, 5) is 16.7. The van der Waals surface area contributed by atoms with E-state index in [4.69, 9.17) is 4.74 Å². The summed E-state index contributed by atoms with van der Waals surface area (Å²) in [6.45, 7) is 5.97. The van der Waals surface area contributed by atoms with Crippen LogP contribution in [0.1, 0.15) is 36.3 Å². The Bertz CT molecular complexity index is 856. The summed E-state index contributed by atoms with van der Waals surface area (Å²) in [7, 11) is 0. The molecule has 1 amide bonds. The quantitative estimate of drug-likeness (QED) is 0.697. The fourth-order valence-electron chi connectivity index (χ4n) is 2.07. The summed E-state index contributed by atoms with van der Waals surface area (Å²) in [5, 5.41) is 14.6. The molecule has 0 saturated heterocycles. The van der Waals surface area contributed by atoms with Gasteiger partial charge in [-0.2, -0.15) is 0 Å². The first kappa shape index (κ1) is 17.5. The molecular formula is C17H18N4O2S2. The van der Waals surface area contributed by atoms with Gasteiger partial charge in [0.1, 0.15) is 21.5 Å². The lowest BCUT2D eigenvalue weighted by Gasteiger charge is -2.09. The third-order valence-electron chi connectivity index (χ3n) is 3.20. The van der Waals surface area contributed by atoms with Gasteiger partial charge < -0.3 is 4.74 Å². The average molecular weight is 374 g/mol. The van der Waals surface area contributed by atoms with Crippen LogP contribution in [0.4, 0.5) is 5.13 Å². The highest BCUT2D eigenvalue weighted by molar-refractivity contribution is 7.15. The zero-order chi connectivity index (χ0) is 17.8. The third-order valence-corrected chi connectivity index (χ3v) is 5.07. The second-order valence-electron chi connectivity index (χ2n) is 5.54. The number of ether oxygens (including phenoxy) is 1. The Kier molecular flexibility index (Phi) is 5.40. The highest BCUT2D eigenvalue weighted by atomic mass is 32.1. The van der Waals surface area contributed by atoms with Crippen LogP contribution in [0, 0.1) is 0 Å². The molecule has 0 unspecified atom stereocenters. The van der Waals surface area contributed by atoms with Gasteiger partial charge in [-0.05, 0) is 44.5 Å². The topological polar surface area (TPSA) is 77.0 Å². The molecule has 0 spiro atoms. The van der Waals surface area contributed by atoms with Crippen molar-refractivity contribution in [3.63, 3.8) is 0 Å². The smallest absolute Gasteiger partial charge is 0.276 e. The van der Waals surface area contributed by atoms with E-state index in [0.29, 0.717) is 10.8 Å². The van der Waals surface area contributed by atoms with Crippen molar-refractivity contribution >= 4 is 33.7 Å². The molecule has 25 heavy (non-hydrogen) atoms. The molecule has 3 rings (SSSR count). The largest absolute Gasteiger partial charge is 0.491 e. The van der Waals surface area contributed by atoms with Gasteiger partial charge in [0.15, 0.2) is 0 Å². The number of rotatable bonds is 6. The van der Waals surface area contributed by atoms with Gasteiger partial charge >= 0.3 is 0 Å². The van der Waals surface area contributed by atoms with E-state index in [2.05, 4.69) is 20.5 Å². The van der Waals surface area contributed by atoms with Gasteiger partial charge in [0, 0.05) is 10.9 Å². The molecule has 130 valence electrons. The molecule has 0 fully saturated rings. The lowest BCUT2D eigenvalue weighted by Crippen LogP contribution is -2.12. The number of nitrogens with one attached hydrogen (secondary N) is 1. The van der Waals surface area contributed by atoms with Crippen molar-refractivity contribution < 1.29 is 9.53 Å². The summed E-state index contributed by atoms with van der Waals surface area (Å²) >= 11 is 2.80. The van der Waals surface area contributed by atoms with Crippen molar-refractivity contribution in [3.05, 3.63) is 40.3 Å². The molecule has 1 aromatic carbocycles. The first-order valence-electron chi connectivity index (χ1n) is 7.91. The van der Waals surface area contributed by atoms with Gasteiger partial charge in [0.25, 0.3) is 5.91 Å². The highest BCUT2D eigenvalue weighted by Gasteiger charge is 2.14. The Morgan fingerprint density at radius 3 is 2.64 bits per heavy atom. The molecular weight excluding hydrogens is 356 g/mol. The van der Waals surface area contributed by atoms with Crippen molar-refractivity contribution in [1.82, 2.24) is 15.2 Å². The fourth-order valence-corrected chi connectivity index (χ4v) is 3.55. The first-order valence-corrected chi connectivity index (χ1v) is 9.61. The number of aromatic nitrogens is 3. The van der Waals surface area contributed by atoms with Crippen LogP contribution < -0.4 is 10.1 Å². The third kappa shape index (κ3) is 4.40. The van der Waals surface area contributed by atoms with Gasteiger partial charge in [0.05, 0.1) is 6.10 Å². The van der Waals surface area contributed by atoms with Crippen LogP contribution in [0.2, 0.25) is 0 Å². The molecule has 2 aromatic heterocycles. The van der Waals surface area contributed by atoms with Gasteiger partial charge in [0.2, 0.25) is 5.13 Å². The van der Waals surface area contributed by atoms with E-state index in [1.54, 1.807) is 5.38 Å². The fraction of sp³-hybridized carbons (Fsp3) is 0.294. The van der Waals surface area contributed by atoms with E-state index in [1.165, 1.54) is 22.7 Å². The number of thiazole rings is 1. The molecule has 0 saturated carbocycles.